The van der Waals surface area contributed by atoms with Crippen molar-refractivity contribution in [2.45, 2.75) is 32.2 Å². The second-order valence-electron chi connectivity index (χ2n) is 5.34. The summed E-state index contributed by atoms with van der Waals surface area (Å²) in [6.45, 7) is 6.44. The van der Waals surface area contributed by atoms with Gasteiger partial charge in [0.1, 0.15) is 0 Å². The molecule has 0 spiro atoms. The molecule has 0 bridgehead atoms. The van der Waals surface area contributed by atoms with Crippen molar-refractivity contribution in [1.82, 2.24) is 10.2 Å². The van der Waals surface area contributed by atoms with Crippen LogP contribution in [0.3, 0.4) is 0 Å². The van der Waals surface area contributed by atoms with Crippen molar-refractivity contribution in [3.05, 3.63) is 0 Å². The van der Waals surface area contributed by atoms with E-state index in [4.69, 9.17) is 0 Å². The van der Waals surface area contributed by atoms with Crippen LogP contribution in [-0.4, -0.2) is 57.0 Å². The summed E-state index contributed by atoms with van der Waals surface area (Å²) in [5.41, 5.74) is 0. The first-order valence-electron chi connectivity index (χ1n) is 6.76. The molecule has 0 aromatic heterocycles. The first-order chi connectivity index (χ1) is 8.11. The van der Waals surface area contributed by atoms with Crippen LogP contribution in [0.1, 0.15) is 26.2 Å². The van der Waals surface area contributed by atoms with Gasteiger partial charge in [-0.2, -0.15) is 0 Å². The minimum Gasteiger partial charge on any atom is -0.317 e. The van der Waals surface area contributed by atoms with Crippen molar-refractivity contribution in [1.29, 1.82) is 0 Å². The van der Waals surface area contributed by atoms with Crippen LogP contribution < -0.4 is 5.32 Å². The molecular weight excluding hydrogens is 236 g/mol. The fourth-order valence-corrected chi connectivity index (χ4v) is 4.76. The molecule has 0 radical (unpaired) electrons. The largest absolute Gasteiger partial charge is 0.317 e. The highest BCUT2D eigenvalue weighted by Gasteiger charge is 2.32. The Balaban J connectivity index is 1.88. The highest BCUT2D eigenvalue weighted by atomic mass is 32.2. The molecule has 17 heavy (non-hydrogen) atoms. The molecule has 0 aromatic carbocycles. The van der Waals surface area contributed by atoms with Gasteiger partial charge in [0.05, 0.1) is 11.5 Å². The Kier molecular flexibility index (Phi) is 4.44. The van der Waals surface area contributed by atoms with Crippen LogP contribution in [0.4, 0.5) is 0 Å². The van der Waals surface area contributed by atoms with Crippen LogP contribution >= 0.6 is 0 Å². The van der Waals surface area contributed by atoms with E-state index in [-0.39, 0.29) is 6.04 Å². The number of sulfone groups is 1. The fraction of sp³-hybridized carbons (Fsp3) is 1.00. The predicted octanol–water partition coefficient (Wildman–Crippen LogP) is 0.495. The van der Waals surface area contributed by atoms with Crippen molar-refractivity contribution in [2.24, 2.45) is 5.92 Å². The zero-order valence-electron chi connectivity index (χ0n) is 10.7. The van der Waals surface area contributed by atoms with Crippen molar-refractivity contribution in [3.8, 4) is 0 Å². The van der Waals surface area contributed by atoms with Gasteiger partial charge < -0.3 is 5.32 Å². The van der Waals surface area contributed by atoms with Gasteiger partial charge in [-0.15, -0.1) is 0 Å². The maximum absolute atomic E-state index is 11.5. The molecule has 2 heterocycles. The third-order valence-corrected chi connectivity index (χ3v) is 5.83. The number of nitrogens with one attached hydrogen (secondary N) is 1. The summed E-state index contributed by atoms with van der Waals surface area (Å²) in [6, 6.07) is 0.278. The van der Waals surface area contributed by atoms with Crippen molar-refractivity contribution in [2.75, 3.05) is 37.7 Å². The summed E-state index contributed by atoms with van der Waals surface area (Å²) in [5.74, 6) is 1.52. The molecule has 0 aromatic rings. The van der Waals surface area contributed by atoms with Gasteiger partial charge in [0.15, 0.2) is 9.84 Å². The Hall–Kier alpha value is -0.130. The van der Waals surface area contributed by atoms with Crippen molar-refractivity contribution in [3.63, 3.8) is 0 Å². The normalized spacial score (nSPS) is 29.9. The zero-order valence-corrected chi connectivity index (χ0v) is 11.5. The van der Waals surface area contributed by atoms with Gasteiger partial charge in [-0.05, 0) is 44.8 Å². The van der Waals surface area contributed by atoms with E-state index < -0.39 is 9.84 Å². The Morgan fingerprint density at radius 3 is 2.47 bits per heavy atom. The summed E-state index contributed by atoms with van der Waals surface area (Å²) in [4.78, 5) is 2.39. The Labute approximate surface area is 105 Å². The fourth-order valence-electron chi connectivity index (χ4n) is 3.00. The van der Waals surface area contributed by atoms with Gasteiger partial charge in [0.25, 0.3) is 0 Å². The summed E-state index contributed by atoms with van der Waals surface area (Å²) < 4.78 is 23.0. The van der Waals surface area contributed by atoms with Crippen molar-refractivity contribution >= 4 is 9.84 Å². The number of hydrogen-bond acceptors (Lipinski definition) is 4. The van der Waals surface area contributed by atoms with Crippen molar-refractivity contribution < 1.29 is 8.42 Å². The molecule has 1 atom stereocenters. The highest BCUT2D eigenvalue weighted by Crippen LogP contribution is 2.21. The number of rotatable bonds is 4. The lowest BCUT2D eigenvalue weighted by atomic mass is 9.97. The van der Waals surface area contributed by atoms with E-state index in [2.05, 4.69) is 17.1 Å². The predicted molar refractivity (Wildman–Crippen MR) is 69.9 cm³/mol. The van der Waals surface area contributed by atoms with E-state index in [0.717, 1.165) is 38.5 Å². The quantitative estimate of drug-likeness (QED) is 0.799. The van der Waals surface area contributed by atoms with Gasteiger partial charge in [-0.3, -0.25) is 4.90 Å². The third kappa shape index (κ3) is 3.66. The lowest BCUT2D eigenvalue weighted by molar-refractivity contribution is 0.171. The second kappa shape index (κ2) is 5.67. The van der Waals surface area contributed by atoms with E-state index in [1.54, 1.807) is 0 Å². The average Bonchev–Trinajstić information content (AvgIpc) is 2.68. The maximum atomic E-state index is 11.5. The first kappa shape index (κ1) is 13.3. The number of nitrogens with zero attached hydrogens (tertiary/aromatic N) is 1. The molecule has 0 aliphatic carbocycles. The third-order valence-electron chi connectivity index (χ3n) is 4.08. The molecular formula is C12H24N2O2S. The van der Waals surface area contributed by atoms with E-state index in [0.29, 0.717) is 11.5 Å². The van der Waals surface area contributed by atoms with Gasteiger partial charge in [0.2, 0.25) is 0 Å². The minimum atomic E-state index is -2.75. The Morgan fingerprint density at radius 1 is 1.24 bits per heavy atom. The van der Waals surface area contributed by atoms with Gasteiger partial charge in [-0.25, -0.2) is 8.42 Å². The minimum absolute atomic E-state index is 0.278. The summed E-state index contributed by atoms with van der Waals surface area (Å²) >= 11 is 0. The first-order valence-corrected chi connectivity index (χ1v) is 8.58. The van der Waals surface area contributed by atoms with Crippen LogP contribution in [0.5, 0.6) is 0 Å². The molecule has 100 valence electrons. The molecule has 5 heteroatoms. The topological polar surface area (TPSA) is 49.4 Å². The molecule has 1 N–H and O–H groups in total. The molecule has 0 saturated carbocycles. The number of piperidine rings is 1. The summed E-state index contributed by atoms with van der Waals surface area (Å²) in [7, 11) is -2.75. The lowest BCUT2D eigenvalue weighted by Crippen LogP contribution is -2.42. The maximum Gasteiger partial charge on any atom is 0.151 e. The molecule has 2 rings (SSSR count). The smallest absolute Gasteiger partial charge is 0.151 e. The van der Waals surface area contributed by atoms with E-state index >= 15 is 0 Å². The van der Waals surface area contributed by atoms with Crippen LogP contribution in [-0.2, 0) is 9.84 Å². The van der Waals surface area contributed by atoms with Crippen LogP contribution in [0.2, 0.25) is 0 Å². The van der Waals surface area contributed by atoms with E-state index in [9.17, 15) is 8.42 Å². The Morgan fingerprint density at radius 2 is 1.94 bits per heavy atom. The molecule has 2 saturated heterocycles. The standard InChI is InChI=1S/C12H24N2O2S/c1-2-14(9-11-3-6-13-7-4-11)12-5-8-17(15,16)10-12/h11-13H,2-10H2,1H3. The van der Waals surface area contributed by atoms with E-state index in [1.165, 1.54) is 12.8 Å². The molecule has 2 aliphatic heterocycles. The van der Waals surface area contributed by atoms with Crippen LogP contribution in [0, 0.1) is 5.92 Å². The number of hydrogen-bond donors (Lipinski definition) is 1. The monoisotopic (exact) mass is 260 g/mol. The zero-order chi connectivity index (χ0) is 12.3. The van der Waals surface area contributed by atoms with Crippen LogP contribution in [0.25, 0.3) is 0 Å². The lowest BCUT2D eigenvalue weighted by Gasteiger charge is -2.32. The average molecular weight is 260 g/mol. The summed E-state index contributed by atoms with van der Waals surface area (Å²) in [5, 5.41) is 3.37. The van der Waals surface area contributed by atoms with Gasteiger partial charge in [0, 0.05) is 12.6 Å². The van der Waals surface area contributed by atoms with E-state index in [1.807, 2.05) is 0 Å². The molecule has 2 aliphatic rings. The SMILES string of the molecule is CCN(CC1CCNCC1)C1CCS(=O)(=O)C1. The van der Waals surface area contributed by atoms with Gasteiger partial charge >= 0.3 is 0 Å². The molecule has 1 unspecified atom stereocenters. The Bertz CT molecular complexity index is 336. The van der Waals surface area contributed by atoms with Crippen LogP contribution in [0.15, 0.2) is 0 Å². The molecule has 4 nitrogen and oxygen atoms in total. The highest BCUT2D eigenvalue weighted by molar-refractivity contribution is 7.91. The summed E-state index contributed by atoms with van der Waals surface area (Å²) in [6.07, 6.45) is 3.30. The second-order valence-corrected chi connectivity index (χ2v) is 7.57. The molecule has 2 fully saturated rings. The molecule has 0 amide bonds. The van der Waals surface area contributed by atoms with Gasteiger partial charge in [-0.1, -0.05) is 6.92 Å².